The zero-order chi connectivity index (χ0) is 21.6. The number of carbonyl (C=O) groups is 1. The summed E-state index contributed by atoms with van der Waals surface area (Å²) in [6, 6.07) is 16.3. The Morgan fingerprint density at radius 3 is 2.43 bits per heavy atom. The van der Waals surface area contributed by atoms with E-state index in [1.54, 1.807) is 29.6 Å². The first-order chi connectivity index (χ1) is 14.4. The van der Waals surface area contributed by atoms with Gasteiger partial charge in [0.2, 0.25) is 5.91 Å². The van der Waals surface area contributed by atoms with Gasteiger partial charge in [-0.2, -0.15) is 4.72 Å². The number of carbonyl (C=O) groups excluding carboxylic acids is 1. The minimum Gasteiger partial charge on any atom is -0.497 e. The lowest BCUT2D eigenvalue weighted by Crippen LogP contribution is -2.45. The molecule has 0 radical (unpaired) electrons. The van der Waals surface area contributed by atoms with Crippen molar-refractivity contribution in [3.05, 3.63) is 71.6 Å². The third kappa shape index (κ3) is 5.38. The largest absolute Gasteiger partial charge is 0.497 e. The van der Waals surface area contributed by atoms with Crippen LogP contribution in [0.25, 0.3) is 0 Å². The summed E-state index contributed by atoms with van der Waals surface area (Å²) < 4.78 is 38.7. The van der Waals surface area contributed by atoms with Gasteiger partial charge < -0.3 is 14.8 Å². The van der Waals surface area contributed by atoms with Crippen LogP contribution in [0.1, 0.15) is 5.56 Å². The van der Waals surface area contributed by atoms with Crippen molar-refractivity contribution in [2.75, 3.05) is 19.5 Å². The molecule has 3 rings (SSSR count). The maximum Gasteiger partial charge on any atom is 0.250 e. The predicted octanol–water partition coefficient (Wildman–Crippen LogP) is 3.29. The molecule has 158 valence electrons. The number of rotatable bonds is 9. The van der Waals surface area contributed by atoms with E-state index >= 15 is 0 Å². The SMILES string of the molecule is COc1ccc(OC)c(NC(=O)C(Cc2ccccc2)NS(=O)(=O)c2cccs2)c1. The quantitative estimate of drug-likeness (QED) is 0.526. The highest BCUT2D eigenvalue weighted by atomic mass is 32.2. The minimum atomic E-state index is -3.85. The molecule has 1 unspecified atom stereocenters. The Bertz CT molecular complexity index is 1080. The van der Waals surface area contributed by atoms with Gasteiger partial charge >= 0.3 is 0 Å². The van der Waals surface area contributed by atoms with Crippen LogP contribution in [0.5, 0.6) is 11.5 Å². The van der Waals surface area contributed by atoms with Crippen molar-refractivity contribution in [3.8, 4) is 11.5 Å². The smallest absolute Gasteiger partial charge is 0.250 e. The van der Waals surface area contributed by atoms with Crippen molar-refractivity contribution >= 4 is 33.0 Å². The van der Waals surface area contributed by atoms with E-state index in [-0.39, 0.29) is 10.6 Å². The first-order valence-electron chi connectivity index (χ1n) is 9.05. The summed E-state index contributed by atoms with van der Waals surface area (Å²) in [5.74, 6) is 0.458. The van der Waals surface area contributed by atoms with Crippen molar-refractivity contribution in [2.45, 2.75) is 16.7 Å². The third-order valence-corrected chi connectivity index (χ3v) is 7.19. The molecule has 9 heteroatoms. The molecule has 0 saturated carbocycles. The highest BCUT2D eigenvalue weighted by Crippen LogP contribution is 2.29. The maximum absolute atomic E-state index is 13.1. The summed E-state index contributed by atoms with van der Waals surface area (Å²) in [5.41, 5.74) is 1.21. The van der Waals surface area contributed by atoms with E-state index in [0.717, 1.165) is 16.9 Å². The topological polar surface area (TPSA) is 93.7 Å². The van der Waals surface area contributed by atoms with E-state index in [2.05, 4.69) is 10.0 Å². The van der Waals surface area contributed by atoms with Crippen LogP contribution in [-0.2, 0) is 21.2 Å². The van der Waals surface area contributed by atoms with Crippen LogP contribution in [0.3, 0.4) is 0 Å². The Hall–Kier alpha value is -2.88. The average molecular weight is 447 g/mol. The lowest BCUT2D eigenvalue weighted by molar-refractivity contribution is -0.117. The molecule has 2 N–H and O–H groups in total. The molecule has 7 nitrogen and oxygen atoms in total. The molecule has 0 aliphatic rings. The van der Waals surface area contributed by atoms with Crippen LogP contribution in [0, 0.1) is 0 Å². The zero-order valence-corrected chi connectivity index (χ0v) is 18.1. The van der Waals surface area contributed by atoms with Crippen molar-refractivity contribution in [2.24, 2.45) is 0 Å². The molecule has 0 aliphatic carbocycles. The van der Waals surface area contributed by atoms with Gasteiger partial charge in [-0.15, -0.1) is 11.3 Å². The molecule has 1 atom stereocenters. The van der Waals surface area contributed by atoms with Gasteiger partial charge in [-0.05, 0) is 35.6 Å². The van der Waals surface area contributed by atoms with E-state index in [9.17, 15) is 13.2 Å². The van der Waals surface area contributed by atoms with Crippen LogP contribution in [0.4, 0.5) is 5.69 Å². The highest BCUT2D eigenvalue weighted by molar-refractivity contribution is 7.91. The van der Waals surface area contributed by atoms with Gasteiger partial charge in [0, 0.05) is 6.07 Å². The number of thiophene rings is 1. The molecule has 0 fully saturated rings. The van der Waals surface area contributed by atoms with Gasteiger partial charge in [0.25, 0.3) is 10.0 Å². The second-order valence-electron chi connectivity index (χ2n) is 6.35. The standard InChI is InChI=1S/C21H22N2O5S2/c1-27-16-10-11-19(28-2)17(14-16)22-21(24)18(13-15-7-4-3-5-8-15)23-30(25,26)20-9-6-12-29-20/h3-12,14,18,23H,13H2,1-2H3,(H,22,24). The number of benzene rings is 2. The second-order valence-corrected chi connectivity index (χ2v) is 9.24. The molecular weight excluding hydrogens is 424 g/mol. The van der Waals surface area contributed by atoms with Crippen LogP contribution in [0.2, 0.25) is 0 Å². The second kappa shape index (κ2) is 9.75. The lowest BCUT2D eigenvalue weighted by atomic mass is 10.1. The third-order valence-electron chi connectivity index (χ3n) is 4.32. The fourth-order valence-corrected chi connectivity index (χ4v) is 5.04. The molecule has 0 aliphatic heterocycles. The summed E-state index contributed by atoms with van der Waals surface area (Å²) >= 11 is 1.09. The molecule has 0 saturated heterocycles. The minimum absolute atomic E-state index is 0.146. The lowest BCUT2D eigenvalue weighted by Gasteiger charge is -2.19. The van der Waals surface area contributed by atoms with Gasteiger partial charge in [0.15, 0.2) is 0 Å². The van der Waals surface area contributed by atoms with Crippen molar-refractivity contribution < 1.29 is 22.7 Å². The molecular formula is C21H22N2O5S2. The Morgan fingerprint density at radius 1 is 1.03 bits per heavy atom. The molecule has 0 bridgehead atoms. The Kier molecular flexibility index (Phi) is 7.09. The number of methoxy groups -OCH3 is 2. The maximum atomic E-state index is 13.1. The monoisotopic (exact) mass is 446 g/mol. The van der Waals surface area contributed by atoms with Crippen molar-refractivity contribution in [1.82, 2.24) is 4.72 Å². The van der Waals surface area contributed by atoms with Crippen LogP contribution in [0.15, 0.2) is 70.3 Å². The number of nitrogens with one attached hydrogen (secondary N) is 2. The van der Waals surface area contributed by atoms with Crippen molar-refractivity contribution in [3.63, 3.8) is 0 Å². The van der Waals surface area contributed by atoms with E-state index in [1.807, 2.05) is 30.3 Å². The molecule has 2 aromatic carbocycles. The highest BCUT2D eigenvalue weighted by Gasteiger charge is 2.27. The van der Waals surface area contributed by atoms with Gasteiger partial charge in [-0.3, -0.25) is 4.79 Å². The molecule has 1 aromatic heterocycles. The van der Waals surface area contributed by atoms with Gasteiger partial charge in [0.1, 0.15) is 21.8 Å². The fourth-order valence-electron chi connectivity index (χ4n) is 2.83. The van der Waals surface area contributed by atoms with E-state index < -0.39 is 22.0 Å². The predicted molar refractivity (Wildman–Crippen MR) is 117 cm³/mol. The number of anilines is 1. The zero-order valence-electron chi connectivity index (χ0n) is 16.5. The summed E-state index contributed by atoms with van der Waals surface area (Å²) in [7, 11) is -0.851. The molecule has 30 heavy (non-hydrogen) atoms. The molecule has 3 aromatic rings. The number of amides is 1. The molecule has 1 amide bonds. The summed E-state index contributed by atoms with van der Waals surface area (Å²) in [6.45, 7) is 0. The number of ether oxygens (including phenoxy) is 2. The number of hydrogen-bond acceptors (Lipinski definition) is 6. The first-order valence-corrected chi connectivity index (χ1v) is 11.4. The normalized spacial score (nSPS) is 12.2. The van der Waals surface area contributed by atoms with E-state index in [1.165, 1.54) is 20.3 Å². The Labute approximate surface area is 179 Å². The summed E-state index contributed by atoms with van der Waals surface area (Å²) in [5, 5.41) is 4.43. The fraction of sp³-hybridized carbons (Fsp3) is 0.190. The van der Waals surface area contributed by atoms with E-state index in [4.69, 9.17) is 9.47 Å². The molecule has 1 heterocycles. The van der Waals surface area contributed by atoms with Gasteiger partial charge in [-0.25, -0.2) is 8.42 Å². The summed E-state index contributed by atoms with van der Waals surface area (Å²) in [4.78, 5) is 13.1. The molecule has 0 spiro atoms. The van der Waals surface area contributed by atoms with Gasteiger partial charge in [-0.1, -0.05) is 36.4 Å². The van der Waals surface area contributed by atoms with Crippen LogP contribution in [-0.4, -0.2) is 34.6 Å². The van der Waals surface area contributed by atoms with E-state index in [0.29, 0.717) is 17.2 Å². The van der Waals surface area contributed by atoms with Crippen molar-refractivity contribution in [1.29, 1.82) is 0 Å². The Balaban J connectivity index is 1.88. The Morgan fingerprint density at radius 2 is 1.80 bits per heavy atom. The van der Waals surface area contributed by atoms with Crippen LogP contribution >= 0.6 is 11.3 Å². The van der Waals surface area contributed by atoms with Gasteiger partial charge in [0.05, 0.1) is 19.9 Å². The first kappa shape index (κ1) is 21.8. The van der Waals surface area contributed by atoms with Crippen LogP contribution < -0.4 is 19.5 Å². The summed E-state index contributed by atoms with van der Waals surface area (Å²) in [6.07, 6.45) is 0.184. The number of sulfonamides is 1. The number of hydrogen-bond donors (Lipinski definition) is 2. The average Bonchev–Trinajstić information content (AvgIpc) is 3.30.